The second kappa shape index (κ2) is 6.94. The average Bonchev–Trinajstić information content (AvgIpc) is 2.62. The van der Waals surface area contributed by atoms with Crippen LogP contribution in [0.1, 0.15) is 28.9 Å². The molecule has 1 aliphatic rings. The maximum atomic E-state index is 12.6. The molecule has 1 amide bonds. The highest BCUT2D eigenvalue weighted by Gasteiger charge is 2.30. The minimum Gasteiger partial charge on any atom is -0.378 e. The van der Waals surface area contributed by atoms with Gasteiger partial charge in [-0.15, -0.1) is 0 Å². The lowest BCUT2D eigenvalue weighted by atomic mass is 10.0. The third kappa shape index (κ3) is 3.44. The van der Waals surface area contributed by atoms with Gasteiger partial charge in [-0.2, -0.15) is 0 Å². The van der Waals surface area contributed by atoms with E-state index in [1.165, 1.54) is 0 Å². The number of amides is 1. The Morgan fingerprint density at radius 2 is 1.87 bits per heavy atom. The molecule has 2 atom stereocenters. The molecule has 1 N–H and O–H groups in total. The molecular weight excluding hydrogens is 290 g/mol. The predicted molar refractivity (Wildman–Crippen MR) is 87.9 cm³/mol. The number of carbonyl (C=O) groups is 1. The number of aliphatic hydroxyl groups is 1. The van der Waals surface area contributed by atoms with Gasteiger partial charge >= 0.3 is 0 Å². The van der Waals surface area contributed by atoms with Crippen LogP contribution in [0.3, 0.4) is 0 Å². The number of rotatable bonds is 3. The van der Waals surface area contributed by atoms with Crippen molar-refractivity contribution in [2.75, 3.05) is 19.7 Å². The molecule has 0 bridgehead atoms. The van der Waals surface area contributed by atoms with Crippen molar-refractivity contribution >= 4 is 5.91 Å². The molecule has 2 unspecified atom stereocenters. The van der Waals surface area contributed by atoms with Crippen LogP contribution >= 0.6 is 0 Å². The fourth-order valence-corrected chi connectivity index (χ4v) is 2.94. The molecule has 3 rings (SSSR count). The van der Waals surface area contributed by atoms with Crippen molar-refractivity contribution in [2.24, 2.45) is 0 Å². The molecule has 1 heterocycles. The van der Waals surface area contributed by atoms with Crippen molar-refractivity contribution in [1.82, 2.24) is 4.90 Å². The summed E-state index contributed by atoms with van der Waals surface area (Å²) in [5.41, 5.74) is 2.87. The molecule has 4 heteroatoms. The summed E-state index contributed by atoms with van der Waals surface area (Å²) in [6, 6.07) is 17.1. The summed E-state index contributed by atoms with van der Waals surface area (Å²) in [4.78, 5) is 14.3. The van der Waals surface area contributed by atoms with Crippen LogP contribution in [0, 0.1) is 6.92 Å². The van der Waals surface area contributed by atoms with Gasteiger partial charge in [0.1, 0.15) is 6.10 Å². The topological polar surface area (TPSA) is 49.8 Å². The van der Waals surface area contributed by atoms with Crippen LogP contribution < -0.4 is 0 Å². The average molecular weight is 311 g/mol. The number of hydrogen-bond donors (Lipinski definition) is 1. The zero-order valence-corrected chi connectivity index (χ0v) is 13.2. The lowest BCUT2D eigenvalue weighted by molar-refractivity contribution is -0.148. The van der Waals surface area contributed by atoms with Crippen LogP contribution in [-0.2, 0) is 9.53 Å². The van der Waals surface area contributed by atoms with E-state index >= 15 is 0 Å². The molecule has 2 aromatic carbocycles. The number of aliphatic hydroxyl groups excluding tert-OH is 1. The molecule has 1 aliphatic heterocycles. The highest BCUT2D eigenvalue weighted by molar-refractivity contribution is 5.82. The lowest BCUT2D eigenvalue weighted by Gasteiger charge is -2.35. The van der Waals surface area contributed by atoms with Gasteiger partial charge in [0.2, 0.25) is 0 Å². The SMILES string of the molecule is Cc1ccccc1C1CN(C(=O)C(O)c2ccccc2)CCO1. The zero-order valence-electron chi connectivity index (χ0n) is 13.2. The molecule has 1 saturated heterocycles. The van der Waals surface area contributed by atoms with Crippen molar-refractivity contribution in [3.8, 4) is 0 Å². The smallest absolute Gasteiger partial charge is 0.256 e. The Morgan fingerprint density at radius 1 is 1.17 bits per heavy atom. The van der Waals surface area contributed by atoms with E-state index in [2.05, 4.69) is 0 Å². The number of benzene rings is 2. The number of morpholine rings is 1. The third-order valence-electron chi connectivity index (χ3n) is 4.26. The molecule has 2 aromatic rings. The van der Waals surface area contributed by atoms with E-state index in [-0.39, 0.29) is 12.0 Å². The largest absolute Gasteiger partial charge is 0.378 e. The van der Waals surface area contributed by atoms with E-state index in [9.17, 15) is 9.90 Å². The zero-order chi connectivity index (χ0) is 16.2. The first kappa shape index (κ1) is 15.7. The normalized spacial score (nSPS) is 19.4. The van der Waals surface area contributed by atoms with Gasteiger partial charge in [-0.25, -0.2) is 0 Å². The summed E-state index contributed by atoms with van der Waals surface area (Å²) >= 11 is 0. The van der Waals surface area contributed by atoms with Crippen molar-refractivity contribution < 1.29 is 14.6 Å². The first-order valence-electron chi connectivity index (χ1n) is 7.86. The Hall–Kier alpha value is -2.17. The molecule has 0 radical (unpaired) electrons. The second-order valence-electron chi connectivity index (χ2n) is 5.81. The number of ether oxygens (including phenoxy) is 1. The third-order valence-corrected chi connectivity index (χ3v) is 4.26. The first-order chi connectivity index (χ1) is 11.2. The van der Waals surface area contributed by atoms with E-state index < -0.39 is 6.10 Å². The van der Waals surface area contributed by atoms with Gasteiger partial charge in [0.25, 0.3) is 5.91 Å². The molecule has 0 spiro atoms. The molecule has 1 fully saturated rings. The summed E-state index contributed by atoms with van der Waals surface area (Å²) in [5, 5.41) is 10.3. The molecule has 23 heavy (non-hydrogen) atoms. The molecule has 0 aromatic heterocycles. The van der Waals surface area contributed by atoms with E-state index in [4.69, 9.17) is 4.74 Å². The molecule has 120 valence electrons. The summed E-state index contributed by atoms with van der Waals surface area (Å²) in [7, 11) is 0. The quantitative estimate of drug-likeness (QED) is 0.948. The minimum absolute atomic E-state index is 0.142. The van der Waals surface area contributed by atoms with Crippen molar-refractivity contribution in [3.05, 3.63) is 71.3 Å². The number of carbonyl (C=O) groups excluding carboxylic acids is 1. The Balaban J connectivity index is 1.73. The maximum absolute atomic E-state index is 12.6. The standard InChI is InChI=1S/C19H21NO3/c1-14-7-5-6-10-16(14)17-13-20(11-12-23-17)19(22)18(21)15-8-3-2-4-9-15/h2-10,17-18,21H,11-13H2,1H3. The molecule has 0 saturated carbocycles. The van der Waals surface area contributed by atoms with E-state index in [1.54, 1.807) is 17.0 Å². The van der Waals surface area contributed by atoms with Crippen molar-refractivity contribution in [2.45, 2.75) is 19.1 Å². The summed E-state index contributed by atoms with van der Waals surface area (Å²) in [6.07, 6.45) is -1.26. The van der Waals surface area contributed by atoms with Gasteiger partial charge < -0.3 is 14.7 Å². The summed E-state index contributed by atoms with van der Waals surface area (Å²) in [5.74, 6) is -0.266. The summed E-state index contributed by atoms with van der Waals surface area (Å²) < 4.78 is 5.84. The van der Waals surface area contributed by atoms with Crippen molar-refractivity contribution in [1.29, 1.82) is 0 Å². The van der Waals surface area contributed by atoms with Crippen LogP contribution in [0.5, 0.6) is 0 Å². The second-order valence-corrected chi connectivity index (χ2v) is 5.81. The Morgan fingerprint density at radius 3 is 2.61 bits per heavy atom. The predicted octanol–water partition coefficient (Wildman–Crippen LogP) is 2.63. The van der Waals surface area contributed by atoms with Gasteiger partial charge in [0.05, 0.1) is 13.2 Å². The number of nitrogens with zero attached hydrogens (tertiary/aromatic N) is 1. The molecule has 4 nitrogen and oxygen atoms in total. The summed E-state index contributed by atoms with van der Waals surface area (Å²) in [6.45, 7) is 3.49. The fourth-order valence-electron chi connectivity index (χ4n) is 2.94. The molecular formula is C19H21NO3. The number of hydrogen-bond acceptors (Lipinski definition) is 3. The monoisotopic (exact) mass is 311 g/mol. The fraction of sp³-hybridized carbons (Fsp3) is 0.316. The Kier molecular flexibility index (Phi) is 4.74. The lowest BCUT2D eigenvalue weighted by Crippen LogP contribution is -2.44. The van der Waals surface area contributed by atoms with Crippen LogP contribution in [0.15, 0.2) is 54.6 Å². The van der Waals surface area contributed by atoms with E-state index in [0.717, 1.165) is 11.1 Å². The van der Waals surface area contributed by atoms with Gasteiger partial charge in [-0.05, 0) is 23.6 Å². The van der Waals surface area contributed by atoms with E-state index in [1.807, 2.05) is 49.4 Å². The van der Waals surface area contributed by atoms with Gasteiger partial charge in [0, 0.05) is 6.54 Å². The van der Waals surface area contributed by atoms with Gasteiger partial charge in [-0.3, -0.25) is 4.79 Å². The highest BCUT2D eigenvalue weighted by atomic mass is 16.5. The van der Waals surface area contributed by atoms with Crippen LogP contribution in [0.4, 0.5) is 0 Å². The van der Waals surface area contributed by atoms with Crippen LogP contribution in [-0.4, -0.2) is 35.6 Å². The highest BCUT2D eigenvalue weighted by Crippen LogP contribution is 2.26. The Labute approximate surface area is 136 Å². The van der Waals surface area contributed by atoms with Gasteiger partial charge in [0.15, 0.2) is 6.10 Å². The minimum atomic E-state index is -1.12. The van der Waals surface area contributed by atoms with Gasteiger partial charge in [-0.1, -0.05) is 54.6 Å². The van der Waals surface area contributed by atoms with Crippen LogP contribution in [0.25, 0.3) is 0 Å². The maximum Gasteiger partial charge on any atom is 0.256 e. The Bertz CT molecular complexity index is 671. The first-order valence-corrected chi connectivity index (χ1v) is 7.86. The number of aryl methyl sites for hydroxylation is 1. The molecule has 0 aliphatic carbocycles. The van der Waals surface area contributed by atoms with Crippen LogP contribution in [0.2, 0.25) is 0 Å². The van der Waals surface area contributed by atoms with Crippen molar-refractivity contribution in [3.63, 3.8) is 0 Å². The van der Waals surface area contributed by atoms with E-state index in [0.29, 0.717) is 25.3 Å².